The van der Waals surface area contributed by atoms with Crippen LogP contribution in [0.2, 0.25) is 0 Å². The van der Waals surface area contributed by atoms with Gasteiger partial charge in [-0.1, -0.05) is 12.1 Å². The summed E-state index contributed by atoms with van der Waals surface area (Å²) in [5.74, 6) is -0.344. The Morgan fingerprint density at radius 3 is 2.95 bits per heavy atom. The lowest BCUT2D eigenvalue weighted by Gasteiger charge is -2.06. The first-order valence-electron chi connectivity index (χ1n) is 6.31. The van der Waals surface area contributed by atoms with E-state index >= 15 is 0 Å². The first-order valence-corrected chi connectivity index (χ1v) is 7.19. The fourth-order valence-corrected chi connectivity index (χ4v) is 2.40. The maximum absolute atomic E-state index is 12.3. The van der Waals surface area contributed by atoms with Crippen molar-refractivity contribution < 1.29 is 18.3 Å². The van der Waals surface area contributed by atoms with Gasteiger partial charge in [-0.25, -0.2) is 10.4 Å². The Balaban J connectivity index is 1.93. The summed E-state index contributed by atoms with van der Waals surface area (Å²) in [6.07, 6.45) is 1.37. The zero-order chi connectivity index (χ0) is 15.9. The average molecular weight is 325 g/mol. The van der Waals surface area contributed by atoms with Gasteiger partial charge in [-0.05, 0) is 19.1 Å². The molecular formula is C14H13F2N3O2S. The number of carbonyl (C=O) groups excluding carboxylic acids is 1. The zero-order valence-corrected chi connectivity index (χ0v) is 12.4. The molecule has 0 saturated carbocycles. The van der Waals surface area contributed by atoms with E-state index in [1.54, 1.807) is 18.2 Å². The summed E-state index contributed by atoms with van der Waals surface area (Å²) in [6, 6.07) is 6.17. The molecule has 8 heteroatoms. The number of hydrogen-bond donors (Lipinski definition) is 1. The van der Waals surface area contributed by atoms with Gasteiger partial charge in [-0.2, -0.15) is 13.9 Å². The van der Waals surface area contributed by atoms with Crippen molar-refractivity contribution in [2.75, 3.05) is 0 Å². The molecule has 116 valence electrons. The minimum Gasteiger partial charge on any atom is -0.434 e. The molecule has 0 aliphatic carbocycles. The van der Waals surface area contributed by atoms with Crippen molar-refractivity contribution in [1.82, 2.24) is 10.4 Å². The lowest BCUT2D eigenvalue weighted by atomic mass is 10.2. The molecule has 0 bridgehead atoms. The predicted octanol–water partition coefficient (Wildman–Crippen LogP) is 2.75. The Morgan fingerprint density at radius 2 is 2.27 bits per heavy atom. The van der Waals surface area contributed by atoms with Crippen LogP contribution in [0.1, 0.15) is 16.3 Å². The number of amides is 1. The van der Waals surface area contributed by atoms with E-state index in [4.69, 9.17) is 0 Å². The third-order valence-corrected chi connectivity index (χ3v) is 3.47. The number of thiazole rings is 1. The summed E-state index contributed by atoms with van der Waals surface area (Å²) in [5, 5.41) is 6.28. The Hall–Kier alpha value is -2.35. The number of hydrazone groups is 1. The number of para-hydroxylation sites is 1. The molecule has 0 fully saturated rings. The number of hydrogen-bond acceptors (Lipinski definition) is 5. The number of benzene rings is 1. The van der Waals surface area contributed by atoms with Crippen molar-refractivity contribution in [2.24, 2.45) is 5.10 Å². The average Bonchev–Trinajstić information content (AvgIpc) is 2.85. The van der Waals surface area contributed by atoms with Gasteiger partial charge >= 0.3 is 6.61 Å². The molecule has 0 unspecified atom stereocenters. The van der Waals surface area contributed by atoms with E-state index in [1.807, 2.05) is 12.3 Å². The Morgan fingerprint density at radius 1 is 1.50 bits per heavy atom. The van der Waals surface area contributed by atoms with Gasteiger partial charge in [0.05, 0.1) is 12.6 Å². The largest absolute Gasteiger partial charge is 0.434 e. The van der Waals surface area contributed by atoms with Crippen LogP contribution >= 0.6 is 11.3 Å². The van der Waals surface area contributed by atoms with E-state index in [0.717, 1.165) is 5.69 Å². The van der Waals surface area contributed by atoms with Gasteiger partial charge in [0.2, 0.25) is 5.91 Å². The first kappa shape index (κ1) is 16.0. The van der Waals surface area contributed by atoms with Crippen LogP contribution in [0.5, 0.6) is 5.75 Å². The van der Waals surface area contributed by atoms with E-state index < -0.39 is 6.61 Å². The summed E-state index contributed by atoms with van der Waals surface area (Å²) < 4.78 is 28.9. The number of nitrogens with zero attached hydrogens (tertiary/aromatic N) is 2. The predicted molar refractivity (Wildman–Crippen MR) is 79.4 cm³/mol. The summed E-state index contributed by atoms with van der Waals surface area (Å²) in [7, 11) is 0. The van der Waals surface area contributed by atoms with Gasteiger partial charge in [0.1, 0.15) is 10.8 Å². The van der Waals surface area contributed by atoms with Crippen molar-refractivity contribution in [3.8, 4) is 5.75 Å². The molecule has 1 aromatic carbocycles. The smallest absolute Gasteiger partial charge is 0.387 e. The van der Waals surface area contributed by atoms with Crippen molar-refractivity contribution >= 4 is 23.5 Å². The highest BCUT2D eigenvalue weighted by atomic mass is 32.1. The second kappa shape index (κ2) is 7.60. The number of halogens is 2. The summed E-state index contributed by atoms with van der Waals surface area (Å²) in [5.41, 5.74) is 3.52. The van der Waals surface area contributed by atoms with E-state index in [1.165, 1.54) is 23.6 Å². The van der Waals surface area contributed by atoms with Gasteiger partial charge in [-0.3, -0.25) is 4.79 Å². The molecule has 0 saturated heterocycles. The lowest BCUT2D eigenvalue weighted by molar-refractivity contribution is -0.120. The normalized spacial score (nSPS) is 11.1. The fourth-order valence-electron chi connectivity index (χ4n) is 1.63. The molecule has 0 spiro atoms. The molecule has 1 aromatic heterocycles. The van der Waals surface area contributed by atoms with Crippen LogP contribution in [0.15, 0.2) is 34.7 Å². The first-order chi connectivity index (χ1) is 10.5. The monoisotopic (exact) mass is 325 g/mol. The molecule has 0 aliphatic heterocycles. The molecule has 0 radical (unpaired) electrons. The van der Waals surface area contributed by atoms with Crippen molar-refractivity contribution in [3.05, 3.63) is 45.9 Å². The molecule has 2 rings (SSSR count). The summed E-state index contributed by atoms with van der Waals surface area (Å²) in [4.78, 5) is 15.8. The second-order valence-electron chi connectivity index (χ2n) is 4.27. The molecule has 2 aromatic rings. The Kier molecular flexibility index (Phi) is 5.54. The highest BCUT2D eigenvalue weighted by Gasteiger charge is 2.08. The summed E-state index contributed by atoms with van der Waals surface area (Å²) in [6.45, 7) is -1.08. The van der Waals surface area contributed by atoms with E-state index in [2.05, 4.69) is 20.2 Å². The Labute approximate surface area is 129 Å². The molecule has 22 heavy (non-hydrogen) atoms. The van der Waals surface area contributed by atoms with Gasteiger partial charge in [0, 0.05) is 16.6 Å². The van der Waals surface area contributed by atoms with Crippen LogP contribution < -0.4 is 10.2 Å². The third kappa shape index (κ3) is 4.88. The molecule has 0 atom stereocenters. The molecule has 1 amide bonds. The van der Waals surface area contributed by atoms with Crippen molar-refractivity contribution in [3.63, 3.8) is 0 Å². The van der Waals surface area contributed by atoms with Crippen molar-refractivity contribution in [2.45, 2.75) is 20.0 Å². The van der Waals surface area contributed by atoms with Crippen LogP contribution in [-0.2, 0) is 11.2 Å². The highest BCUT2D eigenvalue weighted by molar-refractivity contribution is 7.09. The minimum atomic E-state index is -2.92. The van der Waals surface area contributed by atoms with Crippen LogP contribution in [-0.4, -0.2) is 23.7 Å². The minimum absolute atomic E-state index is 0.00829. The van der Waals surface area contributed by atoms with E-state index in [-0.39, 0.29) is 18.1 Å². The fraction of sp³-hybridized carbons (Fsp3) is 0.214. The zero-order valence-electron chi connectivity index (χ0n) is 11.6. The SMILES string of the molecule is Cc1csc(CC(=O)N/N=C\c2ccccc2OC(F)F)n1. The number of rotatable bonds is 6. The van der Waals surface area contributed by atoms with Gasteiger partial charge in [0.25, 0.3) is 0 Å². The molecular weight excluding hydrogens is 312 g/mol. The Bertz CT molecular complexity index is 674. The number of alkyl halides is 2. The molecule has 1 heterocycles. The van der Waals surface area contributed by atoms with Crippen LogP contribution in [0.4, 0.5) is 8.78 Å². The maximum atomic E-state index is 12.3. The van der Waals surface area contributed by atoms with Crippen molar-refractivity contribution in [1.29, 1.82) is 0 Å². The maximum Gasteiger partial charge on any atom is 0.387 e. The lowest BCUT2D eigenvalue weighted by Crippen LogP contribution is -2.19. The highest BCUT2D eigenvalue weighted by Crippen LogP contribution is 2.18. The van der Waals surface area contributed by atoms with Gasteiger partial charge in [0.15, 0.2) is 0 Å². The second-order valence-corrected chi connectivity index (χ2v) is 5.21. The van der Waals surface area contributed by atoms with Crippen LogP contribution in [0.25, 0.3) is 0 Å². The quantitative estimate of drug-likeness (QED) is 0.656. The van der Waals surface area contributed by atoms with E-state index in [0.29, 0.717) is 10.6 Å². The van der Waals surface area contributed by atoms with Gasteiger partial charge < -0.3 is 4.74 Å². The number of aromatic nitrogens is 1. The number of nitrogens with one attached hydrogen (secondary N) is 1. The standard InChI is InChI=1S/C14H13F2N3O2S/c1-9-8-22-13(18-9)6-12(20)19-17-7-10-4-2-3-5-11(10)21-14(15)16/h2-5,7-8,14H,6H2,1H3,(H,19,20)/b17-7-. The molecule has 0 aliphatic rings. The number of carbonyl (C=O) groups is 1. The number of aryl methyl sites for hydroxylation is 1. The van der Waals surface area contributed by atoms with Crippen LogP contribution in [0.3, 0.4) is 0 Å². The van der Waals surface area contributed by atoms with Gasteiger partial charge in [-0.15, -0.1) is 11.3 Å². The van der Waals surface area contributed by atoms with Crippen LogP contribution in [0, 0.1) is 6.92 Å². The number of ether oxygens (including phenoxy) is 1. The molecule has 5 nitrogen and oxygen atoms in total. The van der Waals surface area contributed by atoms with E-state index in [9.17, 15) is 13.6 Å². The third-order valence-electron chi connectivity index (χ3n) is 2.51. The topological polar surface area (TPSA) is 63.6 Å². The molecule has 1 N–H and O–H groups in total. The summed E-state index contributed by atoms with van der Waals surface area (Å²) >= 11 is 1.39.